The number of aldehydes is 1. The van der Waals surface area contributed by atoms with Gasteiger partial charge in [0.2, 0.25) is 0 Å². The van der Waals surface area contributed by atoms with E-state index in [0.29, 0.717) is 23.2 Å². The van der Waals surface area contributed by atoms with Crippen LogP contribution < -0.4 is 0 Å². The molecule has 0 aliphatic rings. The Morgan fingerprint density at radius 3 is 2.88 bits per heavy atom. The maximum absolute atomic E-state index is 10.9. The van der Waals surface area contributed by atoms with Crippen LogP contribution in [0.3, 0.4) is 0 Å². The van der Waals surface area contributed by atoms with E-state index < -0.39 is 5.97 Å². The van der Waals surface area contributed by atoms with Crippen LogP contribution in [0, 0.1) is 0 Å². The lowest BCUT2D eigenvalue weighted by atomic mass is 10.2. The number of carboxylic acid groups (broad SMARTS) is 1. The van der Waals surface area contributed by atoms with E-state index in [4.69, 9.17) is 5.11 Å². The van der Waals surface area contributed by atoms with Crippen LogP contribution >= 0.6 is 0 Å². The molecule has 86 valence electrons. The summed E-state index contributed by atoms with van der Waals surface area (Å²) in [7, 11) is 0. The molecular formula is C11H9N3O3. The van der Waals surface area contributed by atoms with Gasteiger partial charge in [-0.25, -0.2) is 0 Å². The quantitative estimate of drug-likeness (QED) is 0.788. The van der Waals surface area contributed by atoms with Crippen molar-refractivity contribution < 1.29 is 14.7 Å². The van der Waals surface area contributed by atoms with Crippen molar-refractivity contribution in [3.8, 4) is 11.4 Å². The maximum Gasteiger partial charge on any atom is 0.325 e. The fourth-order valence-electron chi connectivity index (χ4n) is 1.44. The number of nitrogens with zero attached hydrogens (tertiary/aromatic N) is 3. The Kier molecular flexibility index (Phi) is 2.95. The van der Waals surface area contributed by atoms with E-state index in [-0.39, 0.29) is 6.54 Å². The zero-order valence-corrected chi connectivity index (χ0v) is 8.78. The summed E-state index contributed by atoms with van der Waals surface area (Å²) >= 11 is 0. The highest BCUT2D eigenvalue weighted by Gasteiger charge is 2.12. The normalized spacial score (nSPS) is 10.1. The van der Waals surface area contributed by atoms with Crippen LogP contribution in [-0.2, 0) is 11.3 Å². The van der Waals surface area contributed by atoms with Crippen LogP contribution in [0.1, 0.15) is 10.4 Å². The Hall–Kier alpha value is -2.50. The molecule has 0 aliphatic heterocycles. The van der Waals surface area contributed by atoms with Gasteiger partial charge in [-0.1, -0.05) is 6.07 Å². The van der Waals surface area contributed by atoms with E-state index in [2.05, 4.69) is 10.1 Å². The first-order valence-electron chi connectivity index (χ1n) is 4.86. The molecule has 0 saturated heterocycles. The van der Waals surface area contributed by atoms with E-state index in [0.717, 1.165) is 0 Å². The molecule has 0 spiro atoms. The van der Waals surface area contributed by atoms with Crippen molar-refractivity contribution in [1.82, 2.24) is 14.8 Å². The minimum atomic E-state index is -1.02. The summed E-state index contributed by atoms with van der Waals surface area (Å²) in [6.07, 6.45) is 3.61. The predicted octanol–water partition coefficient (Wildman–Crippen LogP) is 0.842. The smallest absolute Gasteiger partial charge is 0.325 e. The predicted molar refractivity (Wildman–Crippen MR) is 58.5 cm³/mol. The summed E-state index contributed by atoms with van der Waals surface area (Å²) in [6, 6.07) is 5.23. The monoisotopic (exact) mass is 231 g/mol. The average molecular weight is 231 g/mol. The molecule has 0 radical (unpaired) electrons. The highest BCUT2D eigenvalue weighted by Crippen LogP contribution is 2.17. The third kappa shape index (κ3) is 2.36. The second-order valence-electron chi connectivity index (χ2n) is 3.36. The van der Waals surface area contributed by atoms with E-state index in [9.17, 15) is 9.59 Å². The molecule has 2 heterocycles. The molecule has 6 heteroatoms. The number of aliphatic carboxylic acids is 1. The van der Waals surface area contributed by atoms with Crippen molar-refractivity contribution in [3.63, 3.8) is 0 Å². The van der Waals surface area contributed by atoms with Gasteiger partial charge in [-0.05, 0) is 12.1 Å². The number of carbonyl (C=O) groups is 2. The Bertz CT molecular complexity index is 548. The number of carbonyl (C=O) groups excluding carboxylic acids is 1. The lowest BCUT2D eigenvalue weighted by molar-refractivity contribution is -0.137. The first kappa shape index (κ1) is 11.0. The molecule has 0 aromatic carbocycles. The van der Waals surface area contributed by atoms with Gasteiger partial charge in [-0.3, -0.25) is 19.3 Å². The molecular weight excluding hydrogens is 222 g/mol. The number of hydrogen-bond acceptors (Lipinski definition) is 4. The van der Waals surface area contributed by atoms with E-state index in [1.54, 1.807) is 24.4 Å². The van der Waals surface area contributed by atoms with Crippen molar-refractivity contribution in [2.24, 2.45) is 0 Å². The summed E-state index contributed by atoms with van der Waals surface area (Å²) in [6.45, 7) is -0.284. The van der Waals surface area contributed by atoms with Crippen molar-refractivity contribution in [2.45, 2.75) is 6.54 Å². The largest absolute Gasteiger partial charge is 0.480 e. The van der Waals surface area contributed by atoms with Gasteiger partial charge in [0, 0.05) is 12.4 Å². The average Bonchev–Trinajstić information content (AvgIpc) is 2.72. The zero-order chi connectivity index (χ0) is 12.3. The minimum absolute atomic E-state index is 0.284. The Morgan fingerprint density at radius 1 is 1.47 bits per heavy atom. The molecule has 0 amide bonds. The van der Waals surface area contributed by atoms with Crippen molar-refractivity contribution >= 4 is 12.3 Å². The molecule has 0 fully saturated rings. The number of rotatable bonds is 4. The zero-order valence-electron chi connectivity index (χ0n) is 8.78. The fraction of sp³-hybridized carbons (Fsp3) is 0.0909. The Balaban J connectivity index is 2.43. The number of aromatic nitrogens is 3. The molecule has 0 aliphatic carbocycles. The molecule has 0 saturated carbocycles. The van der Waals surface area contributed by atoms with Crippen molar-refractivity contribution in [1.29, 1.82) is 0 Å². The van der Waals surface area contributed by atoms with Crippen molar-refractivity contribution in [3.05, 3.63) is 36.2 Å². The molecule has 0 atom stereocenters. The SMILES string of the molecule is O=Cc1cn(CC(=O)O)nc1-c1ccccn1. The van der Waals surface area contributed by atoms with Crippen LogP contribution in [0.5, 0.6) is 0 Å². The Morgan fingerprint density at radius 2 is 2.29 bits per heavy atom. The fourth-order valence-corrected chi connectivity index (χ4v) is 1.44. The number of hydrogen-bond donors (Lipinski definition) is 1. The van der Waals surface area contributed by atoms with Gasteiger partial charge in [0.1, 0.15) is 12.2 Å². The van der Waals surface area contributed by atoms with Crippen LogP contribution in [0.15, 0.2) is 30.6 Å². The van der Waals surface area contributed by atoms with E-state index >= 15 is 0 Å². The van der Waals surface area contributed by atoms with Crippen LogP contribution in [0.25, 0.3) is 11.4 Å². The summed E-state index contributed by atoms with van der Waals surface area (Å²) in [5, 5.41) is 12.7. The highest BCUT2D eigenvalue weighted by molar-refractivity contribution is 5.84. The Labute approximate surface area is 96.5 Å². The van der Waals surface area contributed by atoms with Crippen LogP contribution in [0.2, 0.25) is 0 Å². The molecule has 0 unspecified atom stereocenters. The standard InChI is InChI=1S/C11H9N3O3/c15-7-8-5-14(6-10(16)17)13-11(8)9-3-1-2-4-12-9/h1-5,7H,6H2,(H,16,17). The van der Waals surface area contributed by atoms with Crippen LogP contribution in [-0.4, -0.2) is 32.1 Å². The third-order valence-electron chi connectivity index (χ3n) is 2.12. The molecule has 1 N–H and O–H groups in total. The number of pyridine rings is 1. The third-order valence-corrected chi connectivity index (χ3v) is 2.12. The van der Waals surface area contributed by atoms with Crippen LogP contribution in [0.4, 0.5) is 0 Å². The minimum Gasteiger partial charge on any atom is -0.480 e. The first-order valence-corrected chi connectivity index (χ1v) is 4.86. The summed E-state index contributed by atoms with van der Waals surface area (Å²) in [4.78, 5) is 25.5. The van der Waals surface area contributed by atoms with Gasteiger partial charge >= 0.3 is 5.97 Å². The lowest BCUT2D eigenvalue weighted by Crippen LogP contribution is -2.09. The second-order valence-corrected chi connectivity index (χ2v) is 3.36. The first-order chi connectivity index (χ1) is 8.20. The van der Waals surface area contributed by atoms with Gasteiger partial charge in [0.05, 0.1) is 11.3 Å². The molecule has 0 bridgehead atoms. The van der Waals surface area contributed by atoms with Crippen molar-refractivity contribution in [2.75, 3.05) is 0 Å². The van der Waals surface area contributed by atoms with E-state index in [1.807, 2.05) is 0 Å². The lowest BCUT2D eigenvalue weighted by Gasteiger charge is -1.96. The number of carboxylic acids is 1. The maximum atomic E-state index is 10.9. The summed E-state index contributed by atoms with van der Waals surface area (Å²) in [5.41, 5.74) is 1.26. The van der Waals surface area contributed by atoms with Gasteiger partial charge in [0.15, 0.2) is 6.29 Å². The molecule has 2 aromatic rings. The second kappa shape index (κ2) is 4.56. The highest BCUT2D eigenvalue weighted by atomic mass is 16.4. The summed E-state index contributed by atoms with van der Waals surface area (Å²) in [5.74, 6) is -1.02. The van der Waals surface area contributed by atoms with Gasteiger partial charge in [-0.15, -0.1) is 0 Å². The summed E-state index contributed by atoms with van der Waals surface area (Å²) < 4.78 is 1.20. The molecule has 17 heavy (non-hydrogen) atoms. The van der Waals surface area contributed by atoms with Gasteiger partial charge in [0.25, 0.3) is 0 Å². The molecule has 2 aromatic heterocycles. The molecule has 6 nitrogen and oxygen atoms in total. The topological polar surface area (TPSA) is 85.1 Å². The van der Waals surface area contributed by atoms with Gasteiger partial charge in [-0.2, -0.15) is 5.10 Å². The van der Waals surface area contributed by atoms with E-state index in [1.165, 1.54) is 10.9 Å². The van der Waals surface area contributed by atoms with Gasteiger partial charge < -0.3 is 5.11 Å². The molecule has 2 rings (SSSR count).